The van der Waals surface area contributed by atoms with Gasteiger partial charge in [-0.3, -0.25) is 14.4 Å². The van der Waals surface area contributed by atoms with Gasteiger partial charge in [-0.25, -0.2) is 0 Å². The molecular formula is C20H30O3. The monoisotopic (exact) mass is 318 g/mol. The highest BCUT2D eigenvalue weighted by molar-refractivity contribution is 6.12. The average molecular weight is 318 g/mol. The minimum atomic E-state index is -0.349. The molecule has 0 fully saturated rings. The molecule has 0 aromatic heterocycles. The number of allylic oxidation sites excluding steroid dienone is 2. The van der Waals surface area contributed by atoms with Gasteiger partial charge in [0.2, 0.25) is 0 Å². The number of carbonyl (C=O) groups excluding carboxylic acids is 3. The Balaban J connectivity index is 0. The number of hydrogen-bond donors (Lipinski definition) is 0. The van der Waals surface area contributed by atoms with Gasteiger partial charge in [0.25, 0.3) is 0 Å². The van der Waals surface area contributed by atoms with Gasteiger partial charge in [0.05, 0.1) is 6.42 Å². The molecule has 0 aliphatic carbocycles. The van der Waals surface area contributed by atoms with Crippen LogP contribution >= 0.6 is 0 Å². The smallest absolute Gasteiger partial charge is 0.170 e. The van der Waals surface area contributed by atoms with E-state index in [1.54, 1.807) is 12.1 Å². The Hall–Kier alpha value is -2.03. The van der Waals surface area contributed by atoms with Crippen LogP contribution in [0.5, 0.6) is 0 Å². The molecule has 0 spiro atoms. The molecule has 128 valence electrons. The van der Waals surface area contributed by atoms with Crippen molar-refractivity contribution in [3.05, 3.63) is 47.5 Å². The van der Waals surface area contributed by atoms with Crippen LogP contribution in [0.3, 0.4) is 0 Å². The first-order chi connectivity index (χ1) is 11.0. The van der Waals surface area contributed by atoms with E-state index >= 15 is 0 Å². The molecule has 0 saturated heterocycles. The molecule has 1 aromatic carbocycles. The summed E-state index contributed by atoms with van der Waals surface area (Å²) in [5.74, 6) is -0.774. The van der Waals surface area contributed by atoms with Gasteiger partial charge in [-0.15, -0.1) is 0 Å². The fraction of sp³-hybridized carbons (Fsp3) is 0.450. The largest absolute Gasteiger partial charge is 0.295 e. The Morgan fingerprint density at radius 1 is 0.913 bits per heavy atom. The molecule has 0 amide bonds. The van der Waals surface area contributed by atoms with Crippen molar-refractivity contribution >= 4 is 17.3 Å². The first-order valence-electron chi connectivity index (χ1n) is 8.36. The number of ketones is 3. The third-order valence-electron chi connectivity index (χ3n) is 2.65. The summed E-state index contributed by atoms with van der Waals surface area (Å²) in [6.45, 7) is 11.5. The fourth-order valence-corrected chi connectivity index (χ4v) is 1.68. The van der Waals surface area contributed by atoms with Crippen LogP contribution in [-0.4, -0.2) is 17.3 Å². The van der Waals surface area contributed by atoms with Crippen molar-refractivity contribution in [3.63, 3.8) is 0 Å². The van der Waals surface area contributed by atoms with Crippen LogP contribution in [0.1, 0.15) is 70.3 Å². The number of rotatable bonds is 7. The minimum absolute atomic E-state index is 0.198. The first-order valence-corrected chi connectivity index (χ1v) is 8.36. The molecule has 1 aromatic rings. The van der Waals surface area contributed by atoms with E-state index in [9.17, 15) is 14.4 Å². The lowest BCUT2D eigenvalue weighted by Crippen LogP contribution is -2.06. The zero-order chi connectivity index (χ0) is 18.3. The number of Topliss-reactive ketones (excluding diaryl/α,β-unsaturated/α-hetero) is 1. The molecule has 23 heavy (non-hydrogen) atoms. The fourth-order valence-electron chi connectivity index (χ4n) is 1.68. The SMILES string of the molecule is CC.CC.CCCc1ccc(C(=O)CC(=O)/C=C\C(C)=O)cc1. The van der Waals surface area contributed by atoms with Gasteiger partial charge in [0, 0.05) is 5.56 Å². The van der Waals surface area contributed by atoms with E-state index in [2.05, 4.69) is 6.92 Å². The highest BCUT2D eigenvalue weighted by atomic mass is 16.1. The van der Waals surface area contributed by atoms with Crippen molar-refractivity contribution in [2.45, 2.75) is 60.8 Å². The lowest BCUT2D eigenvalue weighted by atomic mass is 10.0. The van der Waals surface area contributed by atoms with E-state index in [1.807, 2.05) is 39.8 Å². The van der Waals surface area contributed by atoms with Crippen molar-refractivity contribution in [1.82, 2.24) is 0 Å². The van der Waals surface area contributed by atoms with E-state index in [-0.39, 0.29) is 23.8 Å². The van der Waals surface area contributed by atoms with Crippen molar-refractivity contribution in [2.75, 3.05) is 0 Å². The topological polar surface area (TPSA) is 51.2 Å². The molecule has 0 N–H and O–H groups in total. The zero-order valence-corrected chi connectivity index (χ0v) is 15.3. The summed E-state index contributed by atoms with van der Waals surface area (Å²) < 4.78 is 0. The molecule has 0 saturated carbocycles. The maximum Gasteiger partial charge on any atom is 0.170 e. The Morgan fingerprint density at radius 2 is 1.43 bits per heavy atom. The second-order valence-corrected chi connectivity index (χ2v) is 4.46. The summed E-state index contributed by atoms with van der Waals surface area (Å²) >= 11 is 0. The molecule has 1 rings (SSSR count). The van der Waals surface area contributed by atoms with Crippen molar-refractivity contribution in [3.8, 4) is 0 Å². The van der Waals surface area contributed by atoms with Crippen LogP contribution in [0.4, 0.5) is 0 Å². The standard InChI is InChI=1S/C16H18O3.2C2H6/c1-3-4-13-6-8-14(9-7-13)16(19)11-15(18)10-5-12(2)17;2*1-2/h5-10H,3-4,11H2,1-2H3;2*1-2H3/b10-5-;;. The second kappa shape index (κ2) is 14.9. The molecule has 0 heterocycles. The third kappa shape index (κ3) is 11.2. The van der Waals surface area contributed by atoms with Gasteiger partial charge in [-0.1, -0.05) is 65.3 Å². The van der Waals surface area contributed by atoms with Crippen LogP contribution in [-0.2, 0) is 16.0 Å². The van der Waals surface area contributed by atoms with E-state index in [4.69, 9.17) is 0 Å². The van der Waals surface area contributed by atoms with E-state index in [0.717, 1.165) is 18.9 Å². The third-order valence-corrected chi connectivity index (χ3v) is 2.65. The quantitative estimate of drug-likeness (QED) is 0.405. The van der Waals surface area contributed by atoms with E-state index < -0.39 is 0 Å². The average Bonchev–Trinajstić information content (AvgIpc) is 2.57. The van der Waals surface area contributed by atoms with E-state index in [1.165, 1.54) is 18.6 Å². The molecular weight excluding hydrogens is 288 g/mol. The molecule has 0 aliphatic rings. The van der Waals surface area contributed by atoms with Crippen molar-refractivity contribution < 1.29 is 14.4 Å². The maximum atomic E-state index is 11.8. The van der Waals surface area contributed by atoms with Crippen molar-refractivity contribution in [2.24, 2.45) is 0 Å². The highest BCUT2D eigenvalue weighted by Gasteiger charge is 2.09. The van der Waals surface area contributed by atoms with Gasteiger partial charge < -0.3 is 0 Å². The Kier molecular flexibility index (Phi) is 15.0. The molecule has 3 nitrogen and oxygen atoms in total. The van der Waals surface area contributed by atoms with Crippen LogP contribution in [0.25, 0.3) is 0 Å². The molecule has 0 atom stereocenters. The summed E-state index contributed by atoms with van der Waals surface area (Å²) in [4.78, 5) is 33.9. The van der Waals surface area contributed by atoms with Gasteiger partial charge in [-0.2, -0.15) is 0 Å². The number of benzene rings is 1. The van der Waals surface area contributed by atoms with Crippen LogP contribution in [0.2, 0.25) is 0 Å². The summed E-state index contributed by atoms with van der Waals surface area (Å²) in [5, 5.41) is 0. The summed E-state index contributed by atoms with van der Waals surface area (Å²) in [6, 6.07) is 7.31. The summed E-state index contributed by atoms with van der Waals surface area (Å²) in [6.07, 6.45) is 4.18. The van der Waals surface area contributed by atoms with E-state index in [0.29, 0.717) is 5.56 Å². The predicted molar refractivity (Wildman–Crippen MR) is 96.9 cm³/mol. The molecule has 0 radical (unpaired) electrons. The Labute approximate surface area is 140 Å². The highest BCUT2D eigenvalue weighted by Crippen LogP contribution is 2.09. The van der Waals surface area contributed by atoms with Crippen LogP contribution < -0.4 is 0 Å². The normalized spacial score (nSPS) is 9.30. The molecule has 3 heteroatoms. The van der Waals surface area contributed by atoms with Crippen molar-refractivity contribution in [1.29, 1.82) is 0 Å². The van der Waals surface area contributed by atoms with Crippen LogP contribution in [0.15, 0.2) is 36.4 Å². The minimum Gasteiger partial charge on any atom is -0.295 e. The second-order valence-electron chi connectivity index (χ2n) is 4.46. The lowest BCUT2D eigenvalue weighted by molar-refractivity contribution is -0.115. The maximum absolute atomic E-state index is 11.8. The van der Waals surface area contributed by atoms with Gasteiger partial charge in [0.15, 0.2) is 17.3 Å². The first kappa shape index (κ1) is 23.2. The lowest BCUT2D eigenvalue weighted by Gasteiger charge is -2.01. The van der Waals surface area contributed by atoms with Gasteiger partial charge in [-0.05, 0) is 31.1 Å². The van der Waals surface area contributed by atoms with Gasteiger partial charge in [0.1, 0.15) is 0 Å². The molecule has 0 unspecified atom stereocenters. The number of aryl methyl sites for hydroxylation is 1. The summed E-state index contributed by atoms with van der Waals surface area (Å²) in [5.41, 5.74) is 1.71. The molecule has 0 bridgehead atoms. The summed E-state index contributed by atoms with van der Waals surface area (Å²) in [7, 11) is 0. The molecule has 0 aliphatic heterocycles. The predicted octanol–water partition coefficient (Wildman–Crippen LogP) is 4.98. The Bertz CT molecular complexity index is 496. The van der Waals surface area contributed by atoms with Crippen LogP contribution in [0, 0.1) is 0 Å². The number of hydrogen-bond acceptors (Lipinski definition) is 3. The number of carbonyl (C=O) groups is 3. The Morgan fingerprint density at radius 3 is 1.87 bits per heavy atom. The van der Waals surface area contributed by atoms with Gasteiger partial charge >= 0.3 is 0 Å². The zero-order valence-electron chi connectivity index (χ0n) is 15.3.